The Morgan fingerprint density at radius 2 is 1.74 bits per heavy atom. The number of aryl methyl sites for hydroxylation is 1. The van der Waals surface area contributed by atoms with Crippen LogP contribution in [0.5, 0.6) is 17.2 Å². The fourth-order valence-electron chi connectivity index (χ4n) is 2.86. The summed E-state index contributed by atoms with van der Waals surface area (Å²) in [5.41, 5.74) is 6.45. The van der Waals surface area contributed by atoms with E-state index in [-0.39, 0.29) is 12.5 Å². The number of carbonyl (C=O) groups excluding carboxylic acids is 1. The lowest BCUT2D eigenvalue weighted by Crippen LogP contribution is -2.20. The zero-order valence-corrected chi connectivity index (χ0v) is 17.7. The standard InChI is InChI=1S/C24H25N3O4/c1-17-7-6-8-19(13-17)27-25-15-18-11-12-22(23(14-18)30-3)31-16-24(28)26-20-9-4-5-10-21(20)29-2/h4-15,27H,16H2,1-3H3,(H,26,28)/b25-15+. The summed E-state index contributed by atoms with van der Waals surface area (Å²) in [5, 5.41) is 7.02. The predicted octanol–water partition coefficient (Wildman–Crippen LogP) is 4.48. The third-order valence-electron chi connectivity index (χ3n) is 4.35. The summed E-state index contributed by atoms with van der Waals surface area (Å²) >= 11 is 0. The molecular formula is C24H25N3O4. The molecule has 2 N–H and O–H groups in total. The maximum absolute atomic E-state index is 12.3. The van der Waals surface area contributed by atoms with Crippen molar-refractivity contribution >= 4 is 23.5 Å². The highest BCUT2D eigenvalue weighted by Crippen LogP contribution is 2.28. The predicted molar refractivity (Wildman–Crippen MR) is 123 cm³/mol. The summed E-state index contributed by atoms with van der Waals surface area (Å²) < 4.78 is 16.3. The number of carbonyl (C=O) groups is 1. The van der Waals surface area contributed by atoms with E-state index in [1.807, 2.05) is 49.4 Å². The van der Waals surface area contributed by atoms with E-state index in [1.165, 1.54) is 0 Å². The second-order valence-electron chi connectivity index (χ2n) is 6.69. The molecule has 0 atom stereocenters. The van der Waals surface area contributed by atoms with Gasteiger partial charge >= 0.3 is 0 Å². The van der Waals surface area contributed by atoms with Gasteiger partial charge in [-0.25, -0.2) is 0 Å². The van der Waals surface area contributed by atoms with Crippen LogP contribution in [-0.4, -0.2) is 32.9 Å². The number of anilines is 2. The van der Waals surface area contributed by atoms with Gasteiger partial charge in [-0.1, -0.05) is 24.3 Å². The average molecular weight is 419 g/mol. The Kier molecular flexibility index (Phi) is 7.48. The number of nitrogens with one attached hydrogen (secondary N) is 2. The number of hydrogen-bond donors (Lipinski definition) is 2. The van der Waals surface area contributed by atoms with Crippen LogP contribution in [0.25, 0.3) is 0 Å². The minimum atomic E-state index is -0.306. The Bertz CT molecular complexity index is 1070. The van der Waals surface area contributed by atoms with Crippen molar-refractivity contribution in [3.63, 3.8) is 0 Å². The lowest BCUT2D eigenvalue weighted by molar-refractivity contribution is -0.118. The van der Waals surface area contributed by atoms with Crippen molar-refractivity contribution in [2.45, 2.75) is 6.92 Å². The SMILES string of the molecule is COc1ccccc1NC(=O)COc1ccc(/C=N/Nc2cccc(C)c2)cc1OC. The monoisotopic (exact) mass is 419 g/mol. The number of amides is 1. The topological polar surface area (TPSA) is 81.2 Å². The van der Waals surface area contributed by atoms with Crippen LogP contribution in [0, 0.1) is 6.92 Å². The van der Waals surface area contributed by atoms with E-state index in [2.05, 4.69) is 15.8 Å². The first kappa shape index (κ1) is 21.7. The largest absolute Gasteiger partial charge is 0.495 e. The van der Waals surface area contributed by atoms with Crippen LogP contribution >= 0.6 is 0 Å². The molecule has 3 rings (SSSR count). The zero-order chi connectivity index (χ0) is 22.1. The van der Waals surface area contributed by atoms with Gasteiger partial charge in [0.05, 0.1) is 31.8 Å². The normalized spacial score (nSPS) is 10.5. The van der Waals surface area contributed by atoms with Crippen molar-refractivity contribution in [3.05, 3.63) is 77.9 Å². The highest BCUT2D eigenvalue weighted by molar-refractivity contribution is 5.93. The molecule has 0 fully saturated rings. The van der Waals surface area contributed by atoms with Crippen LogP contribution in [0.1, 0.15) is 11.1 Å². The first-order chi connectivity index (χ1) is 15.1. The number of hydrazone groups is 1. The summed E-state index contributed by atoms with van der Waals surface area (Å²) in [6.45, 7) is 1.85. The van der Waals surface area contributed by atoms with Crippen molar-refractivity contribution in [3.8, 4) is 17.2 Å². The van der Waals surface area contributed by atoms with Crippen molar-refractivity contribution in [1.82, 2.24) is 0 Å². The molecule has 31 heavy (non-hydrogen) atoms. The number of hydrogen-bond acceptors (Lipinski definition) is 6. The van der Waals surface area contributed by atoms with Crippen LogP contribution in [-0.2, 0) is 4.79 Å². The third-order valence-corrected chi connectivity index (χ3v) is 4.35. The van der Waals surface area contributed by atoms with Gasteiger partial charge in [-0.3, -0.25) is 10.2 Å². The maximum atomic E-state index is 12.3. The van der Waals surface area contributed by atoms with E-state index in [0.29, 0.717) is 22.9 Å². The minimum Gasteiger partial charge on any atom is -0.495 e. The lowest BCUT2D eigenvalue weighted by Gasteiger charge is -2.12. The number of nitrogens with zero attached hydrogens (tertiary/aromatic N) is 1. The third kappa shape index (κ3) is 6.24. The van der Waals surface area contributed by atoms with Gasteiger partial charge < -0.3 is 19.5 Å². The van der Waals surface area contributed by atoms with Gasteiger partial charge in [-0.05, 0) is 60.5 Å². The van der Waals surface area contributed by atoms with Crippen molar-refractivity contribution < 1.29 is 19.0 Å². The molecule has 7 heteroatoms. The highest BCUT2D eigenvalue weighted by atomic mass is 16.5. The molecule has 0 aliphatic heterocycles. The van der Waals surface area contributed by atoms with Crippen LogP contribution in [0.3, 0.4) is 0 Å². The fourth-order valence-corrected chi connectivity index (χ4v) is 2.86. The molecule has 0 saturated heterocycles. The zero-order valence-electron chi connectivity index (χ0n) is 17.7. The maximum Gasteiger partial charge on any atom is 0.262 e. The molecule has 0 bridgehead atoms. The fraction of sp³-hybridized carbons (Fsp3) is 0.167. The number of benzene rings is 3. The number of para-hydroxylation sites is 2. The van der Waals surface area contributed by atoms with E-state index < -0.39 is 0 Å². The second-order valence-corrected chi connectivity index (χ2v) is 6.69. The van der Waals surface area contributed by atoms with E-state index in [9.17, 15) is 4.79 Å². The van der Waals surface area contributed by atoms with Crippen LogP contribution in [0.15, 0.2) is 71.8 Å². The minimum absolute atomic E-state index is 0.170. The summed E-state index contributed by atoms with van der Waals surface area (Å²) in [6, 6.07) is 20.5. The molecule has 0 unspecified atom stereocenters. The number of rotatable bonds is 9. The number of methoxy groups -OCH3 is 2. The van der Waals surface area contributed by atoms with Crippen LogP contribution in [0.2, 0.25) is 0 Å². The smallest absolute Gasteiger partial charge is 0.262 e. The van der Waals surface area contributed by atoms with Gasteiger partial charge in [-0.2, -0.15) is 5.10 Å². The average Bonchev–Trinajstić information content (AvgIpc) is 2.78. The molecule has 7 nitrogen and oxygen atoms in total. The van der Waals surface area contributed by atoms with Crippen molar-refractivity contribution in [1.29, 1.82) is 0 Å². The molecule has 0 aliphatic rings. The van der Waals surface area contributed by atoms with E-state index in [0.717, 1.165) is 16.8 Å². The van der Waals surface area contributed by atoms with Gasteiger partial charge in [0.1, 0.15) is 5.75 Å². The second kappa shape index (κ2) is 10.7. The van der Waals surface area contributed by atoms with Crippen LogP contribution < -0.4 is 25.0 Å². The summed E-state index contributed by atoms with van der Waals surface area (Å²) in [4.78, 5) is 12.3. The quantitative estimate of drug-likeness (QED) is 0.395. The molecule has 0 heterocycles. The molecule has 3 aromatic rings. The Morgan fingerprint density at radius 1 is 0.935 bits per heavy atom. The van der Waals surface area contributed by atoms with Gasteiger partial charge in [0, 0.05) is 0 Å². The highest BCUT2D eigenvalue weighted by Gasteiger charge is 2.10. The van der Waals surface area contributed by atoms with E-state index >= 15 is 0 Å². The molecule has 0 spiro atoms. The Labute approximate surface area is 181 Å². The van der Waals surface area contributed by atoms with E-state index in [1.54, 1.807) is 44.7 Å². The molecule has 3 aromatic carbocycles. The molecular weight excluding hydrogens is 394 g/mol. The molecule has 0 aliphatic carbocycles. The number of ether oxygens (including phenoxy) is 3. The van der Waals surface area contributed by atoms with Gasteiger partial charge in [0.2, 0.25) is 0 Å². The summed E-state index contributed by atoms with van der Waals surface area (Å²) in [6.07, 6.45) is 1.68. The van der Waals surface area contributed by atoms with Gasteiger partial charge in [0.15, 0.2) is 18.1 Å². The van der Waals surface area contributed by atoms with Crippen molar-refractivity contribution in [2.24, 2.45) is 5.10 Å². The molecule has 1 amide bonds. The lowest BCUT2D eigenvalue weighted by atomic mass is 10.2. The molecule has 0 saturated carbocycles. The van der Waals surface area contributed by atoms with Gasteiger partial charge in [0.25, 0.3) is 5.91 Å². The first-order valence-corrected chi connectivity index (χ1v) is 9.68. The molecule has 160 valence electrons. The van der Waals surface area contributed by atoms with E-state index in [4.69, 9.17) is 14.2 Å². The van der Waals surface area contributed by atoms with Gasteiger partial charge in [-0.15, -0.1) is 0 Å². The van der Waals surface area contributed by atoms with Crippen molar-refractivity contribution in [2.75, 3.05) is 31.6 Å². The Balaban J connectivity index is 1.59. The Hall–Kier alpha value is -4.00. The Morgan fingerprint density at radius 3 is 2.52 bits per heavy atom. The molecule has 0 radical (unpaired) electrons. The first-order valence-electron chi connectivity index (χ1n) is 9.68. The molecule has 0 aromatic heterocycles. The summed E-state index contributed by atoms with van der Waals surface area (Å²) in [7, 11) is 3.09. The van der Waals surface area contributed by atoms with Crippen LogP contribution in [0.4, 0.5) is 11.4 Å². The summed E-state index contributed by atoms with van der Waals surface area (Å²) in [5.74, 6) is 1.24.